The summed E-state index contributed by atoms with van der Waals surface area (Å²) in [5.74, 6) is -23.2. The molecule has 21 heteroatoms. The van der Waals surface area contributed by atoms with E-state index in [9.17, 15) is 78.3 Å². The first-order valence-electron chi connectivity index (χ1n) is 15.3. The van der Waals surface area contributed by atoms with Gasteiger partial charge in [0.05, 0.1) is 6.61 Å². The SMILES string of the molecule is CC(=O)C(O)(C(C)=O)C(OC(C(C)=O)(C(C)=O)C(O[C@]1(C(=O)ON2C(=O)CCC2=O)O[C@H](CO)[C@@H](O)[C@H](O)[C@H]1O)(C(C)=O)C(C)=O)(C(C)=O)C(C)=O. The quantitative estimate of drug-likeness (QED) is 0.0691. The number of hydrogen-bond donors (Lipinski definition) is 5. The molecule has 2 aliphatic rings. The van der Waals surface area contributed by atoms with E-state index in [1.807, 2.05) is 0 Å². The number of Topliss-reactive ketones (excluding diaryl/α,β-unsaturated/α-hetero) is 8. The number of carbonyl (C=O) groups is 11. The van der Waals surface area contributed by atoms with Crippen LogP contribution in [-0.2, 0) is 71.8 Å². The molecule has 0 aromatic carbocycles. The molecule has 5 atom stereocenters. The molecule has 288 valence electrons. The van der Waals surface area contributed by atoms with Gasteiger partial charge in [0, 0.05) is 12.8 Å². The number of hydroxylamine groups is 2. The van der Waals surface area contributed by atoms with Gasteiger partial charge < -0.3 is 44.6 Å². The van der Waals surface area contributed by atoms with Crippen molar-refractivity contribution < 1.29 is 97.3 Å². The number of ketones is 8. The van der Waals surface area contributed by atoms with Gasteiger partial charge in [-0.1, -0.05) is 0 Å². The Morgan fingerprint density at radius 2 is 1.06 bits per heavy atom. The Bertz CT molecular complexity index is 1550. The lowest BCUT2D eigenvalue weighted by atomic mass is 9.67. The first-order valence-corrected chi connectivity index (χ1v) is 15.3. The number of imide groups is 1. The second-order valence-corrected chi connectivity index (χ2v) is 12.3. The standard InChI is InChI=1S/C31H39NO20/c1-12(34)27(48,13(2)35)28(14(3)36,15(4)37)51-29(16(5)38,17(6)39)30(18(7)40,19(8)41)52-31(25(46)24(45)23(44)20(11-33)49-31)26(47)50-32-21(42)9-10-22(32)43/h20,23-25,33,44-46,48H,9-11H2,1-8H3/t20-,23-,24+,25-,31-/m1/s1. The van der Waals surface area contributed by atoms with Gasteiger partial charge in [-0.3, -0.25) is 47.9 Å². The van der Waals surface area contributed by atoms with Crippen molar-refractivity contribution >= 4 is 64.0 Å². The molecule has 2 amide bonds. The highest BCUT2D eigenvalue weighted by Gasteiger charge is 2.78. The molecule has 5 N–H and O–H groups in total. The molecule has 2 aliphatic heterocycles. The van der Waals surface area contributed by atoms with Crippen molar-refractivity contribution in [2.24, 2.45) is 0 Å². The maximum absolute atomic E-state index is 14.0. The summed E-state index contributed by atoms with van der Waals surface area (Å²) < 4.78 is 16.5. The van der Waals surface area contributed by atoms with Crippen LogP contribution in [0, 0.1) is 0 Å². The summed E-state index contributed by atoms with van der Waals surface area (Å²) in [5.41, 5.74) is -16.3. The molecule has 0 saturated carbocycles. The summed E-state index contributed by atoms with van der Waals surface area (Å²) in [4.78, 5) is 152. The molecule has 0 aromatic heterocycles. The van der Waals surface area contributed by atoms with Crippen molar-refractivity contribution in [3.63, 3.8) is 0 Å². The van der Waals surface area contributed by atoms with Crippen LogP contribution >= 0.6 is 0 Å². The number of carbonyl (C=O) groups excluding carboxylic acids is 11. The summed E-state index contributed by atoms with van der Waals surface area (Å²) in [6, 6.07) is 0. The fourth-order valence-electron chi connectivity index (χ4n) is 6.33. The van der Waals surface area contributed by atoms with Gasteiger partial charge in [-0.05, 0) is 55.4 Å². The minimum Gasteiger partial charge on any atom is -0.394 e. The molecule has 52 heavy (non-hydrogen) atoms. The Labute approximate surface area is 294 Å². The van der Waals surface area contributed by atoms with Gasteiger partial charge in [-0.15, -0.1) is 5.06 Å². The third kappa shape index (κ3) is 6.15. The molecule has 2 fully saturated rings. The highest BCUT2D eigenvalue weighted by atomic mass is 16.8. The minimum absolute atomic E-state index is 0.186. The highest BCUT2D eigenvalue weighted by Crippen LogP contribution is 2.47. The van der Waals surface area contributed by atoms with Crippen LogP contribution in [0.3, 0.4) is 0 Å². The average Bonchev–Trinajstić information content (AvgIpc) is 3.35. The molecule has 2 saturated heterocycles. The monoisotopic (exact) mass is 745 g/mol. The first-order chi connectivity index (χ1) is 23.7. The van der Waals surface area contributed by atoms with E-state index in [4.69, 9.17) is 19.0 Å². The average molecular weight is 746 g/mol. The van der Waals surface area contributed by atoms with Gasteiger partial charge in [-0.25, -0.2) is 4.79 Å². The third-order valence-electron chi connectivity index (χ3n) is 9.02. The largest absolute Gasteiger partial charge is 0.395 e. The van der Waals surface area contributed by atoms with E-state index >= 15 is 0 Å². The second kappa shape index (κ2) is 14.9. The van der Waals surface area contributed by atoms with Gasteiger partial charge in [0.25, 0.3) is 11.8 Å². The minimum atomic E-state index is -4.18. The molecule has 21 nitrogen and oxygen atoms in total. The number of hydrogen-bond acceptors (Lipinski definition) is 20. The summed E-state index contributed by atoms with van der Waals surface area (Å²) in [7, 11) is 0. The van der Waals surface area contributed by atoms with Gasteiger partial charge in [0.2, 0.25) is 22.4 Å². The lowest BCUT2D eigenvalue weighted by molar-refractivity contribution is -0.382. The summed E-state index contributed by atoms with van der Waals surface area (Å²) in [6.45, 7) is 2.11. The van der Waals surface area contributed by atoms with Crippen LogP contribution in [0.15, 0.2) is 0 Å². The smallest absolute Gasteiger partial charge is 0.394 e. The lowest BCUT2D eigenvalue weighted by Gasteiger charge is -2.54. The Hall–Kier alpha value is -4.35. The third-order valence-corrected chi connectivity index (χ3v) is 9.02. The van der Waals surface area contributed by atoms with E-state index in [1.54, 1.807) is 0 Å². The summed E-state index contributed by atoms with van der Waals surface area (Å²) >= 11 is 0. The van der Waals surface area contributed by atoms with E-state index in [-0.39, 0.29) is 5.06 Å². The number of amides is 2. The van der Waals surface area contributed by atoms with Crippen molar-refractivity contribution in [2.75, 3.05) is 6.61 Å². The van der Waals surface area contributed by atoms with E-state index in [0.717, 1.165) is 0 Å². The van der Waals surface area contributed by atoms with Gasteiger partial charge >= 0.3 is 11.8 Å². The Kier molecular flexibility index (Phi) is 12.6. The number of rotatable bonds is 17. The Morgan fingerprint density at radius 1 is 0.673 bits per heavy atom. The van der Waals surface area contributed by atoms with Crippen LogP contribution in [0.25, 0.3) is 0 Å². The zero-order valence-electron chi connectivity index (χ0n) is 29.2. The first kappa shape index (κ1) is 43.8. The van der Waals surface area contributed by atoms with Crippen LogP contribution in [0.1, 0.15) is 68.2 Å². The van der Waals surface area contributed by atoms with Gasteiger partial charge in [-0.2, -0.15) is 0 Å². The zero-order chi connectivity index (χ0) is 40.7. The number of aliphatic hydroxyl groups excluding tert-OH is 4. The predicted octanol–water partition coefficient (Wildman–Crippen LogP) is -4.54. The van der Waals surface area contributed by atoms with Gasteiger partial charge in [0.15, 0.2) is 46.3 Å². The summed E-state index contributed by atoms with van der Waals surface area (Å²) in [6.07, 6.45) is -11.5. The number of ether oxygens (including phenoxy) is 3. The van der Waals surface area contributed by atoms with Crippen molar-refractivity contribution in [1.82, 2.24) is 5.06 Å². The molecule has 0 aliphatic carbocycles. The molecule has 0 aromatic rings. The Morgan fingerprint density at radius 3 is 1.38 bits per heavy atom. The number of aliphatic hydroxyl groups is 5. The maximum Gasteiger partial charge on any atom is 0.395 e. The normalized spacial score (nSPS) is 24.3. The van der Waals surface area contributed by atoms with Crippen LogP contribution < -0.4 is 0 Å². The van der Waals surface area contributed by atoms with Crippen LogP contribution in [0.5, 0.6) is 0 Å². The lowest BCUT2D eigenvalue weighted by Crippen LogP contribution is -2.82. The molecule has 0 spiro atoms. The van der Waals surface area contributed by atoms with E-state index in [2.05, 4.69) is 0 Å². The fourth-order valence-corrected chi connectivity index (χ4v) is 6.33. The predicted molar refractivity (Wildman–Crippen MR) is 161 cm³/mol. The molecular weight excluding hydrogens is 706 g/mol. The van der Waals surface area contributed by atoms with Gasteiger partial charge in [0.1, 0.15) is 24.4 Å². The van der Waals surface area contributed by atoms with Crippen LogP contribution in [0.4, 0.5) is 0 Å². The second-order valence-electron chi connectivity index (χ2n) is 12.3. The molecule has 0 radical (unpaired) electrons. The molecule has 2 rings (SSSR count). The highest BCUT2D eigenvalue weighted by molar-refractivity contribution is 6.27. The van der Waals surface area contributed by atoms with Crippen molar-refractivity contribution in [3.05, 3.63) is 0 Å². The molecule has 0 bridgehead atoms. The summed E-state index contributed by atoms with van der Waals surface area (Å²) in [5, 5.41) is 53.8. The van der Waals surface area contributed by atoms with Crippen LogP contribution in [0.2, 0.25) is 0 Å². The van der Waals surface area contributed by atoms with Crippen LogP contribution in [-0.4, -0.2) is 154 Å². The fraction of sp³-hybridized carbons (Fsp3) is 0.645. The van der Waals surface area contributed by atoms with Crippen molar-refractivity contribution in [3.8, 4) is 0 Å². The molecular formula is C31H39NO20. The van der Waals surface area contributed by atoms with E-state index in [0.29, 0.717) is 55.4 Å². The molecule has 2 heterocycles. The Balaban J connectivity index is 3.29. The van der Waals surface area contributed by atoms with E-state index in [1.165, 1.54) is 0 Å². The number of nitrogens with zero attached hydrogens (tertiary/aromatic N) is 1. The zero-order valence-corrected chi connectivity index (χ0v) is 29.2. The van der Waals surface area contributed by atoms with Crippen molar-refractivity contribution in [1.29, 1.82) is 0 Å². The molecule has 0 unspecified atom stereocenters. The van der Waals surface area contributed by atoms with E-state index < -0.39 is 136 Å². The maximum atomic E-state index is 14.0. The van der Waals surface area contributed by atoms with Crippen molar-refractivity contribution in [2.45, 2.75) is 121 Å². The topological polar surface area (TPSA) is 329 Å².